The molecule has 0 rings (SSSR count). The van der Waals surface area contributed by atoms with E-state index in [1.807, 2.05) is 0 Å². The summed E-state index contributed by atoms with van der Waals surface area (Å²) in [6, 6.07) is -2.30. The van der Waals surface area contributed by atoms with Gasteiger partial charge in [-0.15, -0.1) is 0 Å². The van der Waals surface area contributed by atoms with E-state index in [0.717, 1.165) is 0 Å². The molecule has 0 radical (unpaired) electrons. The quantitative estimate of drug-likeness (QED) is 0.285. The lowest BCUT2D eigenvalue weighted by Crippen LogP contribution is -2.12. The molecule has 0 aromatic carbocycles. The van der Waals surface area contributed by atoms with Crippen LogP contribution < -0.4 is 0 Å². The summed E-state index contributed by atoms with van der Waals surface area (Å²) in [6.45, 7) is 1.54. The minimum atomic E-state index is -5.65. The minimum Gasteiger partial charge on any atom is -0.471 e. The van der Waals surface area contributed by atoms with Crippen LogP contribution in [0, 0.1) is 0 Å². The second-order valence-electron chi connectivity index (χ2n) is 1.76. The van der Waals surface area contributed by atoms with Gasteiger partial charge in [-0.3, -0.25) is 0 Å². The molecule has 0 aromatic heterocycles. The van der Waals surface area contributed by atoms with Gasteiger partial charge in [-0.1, -0.05) is 0 Å². The van der Waals surface area contributed by atoms with E-state index in [1.165, 1.54) is 6.92 Å². The van der Waals surface area contributed by atoms with Crippen LogP contribution in [0.5, 0.6) is 0 Å². The van der Waals surface area contributed by atoms with Crippen molar-refractivity contribution in [1.29, 1.82) is 0 Å². The van der Waals surface area contributed by atoms with Gasteiger partial charge in [0.1, 0.15) is 0 Å². The summed E-state index contributed by atoms with van der Waals surface area (Å²) < 4.78 is 50.8. The Balaban J connectivity index is 3.73. The summed E-state index contributed by atoms with van der Waals surface area (Å²) in [5, 5.41) is 0. The first-order valence-corrected chi connectivity index (χ1v) is 4.85. The molecule has 0 aliphatic carbocycles. The zero-order valence-corrected chi connectivity index (χ0v) is 6.91. The smallest absolute Gasteiger partial charge is 0.471 e. The van der Waals surface area contributed by atoms with Gasteiger partial charge in [-0.25, -0.2) is 12.3 Å². The van der Waals surface area contributed by atoms with Crippen molar-refractivity contribution in [1.82, 2.24) is 0 Å². The van der Waals surface area contributed by atoms with E-state index < -0.39 is 21.1 Å². The topological polar surface area (TPSA) is 9.23 Å². The molecule has 0 saturated carbocycles. The van der Waals surface area contributed by atoms with Crippen LogP contribution in [0.2, 0.25) is 6.04 Å². The lowest BCUT2D eigenvalue weighted by Gasteiger charge is -1.99. The van der Waals surface area contributed by atoms with Crippen molar-refractivity contribution < 1.29 is 21.5 Å². The van der Waals surface area contributed by atoms with Crippen LogP contribution in [0.1, 0.15) is 6.92 Å². The third-order valence-corrected chi connectivity index (χ3v) is 1.44. The third kappa shape index (κ3) is 7.37. The predicted octanol–water partition coefficient (Wildman–Crippen LogP) is 2.68. The third-order valence-electron chi connectivity index (χ3n) is 0.776. The van der Waals surface area contributed by atoms with Gasteiger partial charge in [-0.2, -0.15) is 4.39 Å². The molecule has 0 aromatic rings. The fourth-order valence-electron chi connectivity index (χ4n) is 0.393. The van der Waals surface area contributed by atoms with Crippen molar-refractivity contribution in [3.63, 3.8) is 0 Å². The van der Waals surface area contributed by atoms with E-state index in [2.05, 4.69) is 4.74 Å². The van der Waals surface area contributed by atoms with Crippen LogP contribution in [0.25, 0.3) is 0 Å². The first-order chi connectivity index (χ1) is 4.95. The van der Waals surface area contributed by atoms with Crippen molar-refractivity contribution >= 4 is 9.08 Å². The van der Waals surface area contributed by atoms with Gasteiger partial charge >= 0.3 is 9.08 Å². The lowest BCUT2D eigenvalue weighted by atomic mass is 10.7. The molecule has 0 bridgehead atoms. The van der Waals surface area contributed by atoms with Crippen molar-refractivity contribution in [2.45, 2.75) is 13.0 Å². The molecule has 0 aliphatic heterocycles. The van der Waals surface area contributed by atoms with E-state index in [0.29, 0.717) is 6.08 Å². The summed E-state index contributed by atoms with van der Waals surface area (Å²) in [5.74, 6) is 0. The van der Waals surface area contributed by atoms with Gasteiger partial charge in [0.25, 0.3) is 6.01 Å². The van der Waals surface area contributed by atoms with Crippen molar-refractivity contribution in [2.24, 2.45) is 0 Å². The second kappa shape index (κ2) is 4.37. The molecule has 0 atom stereocenters. The Bertz CT molecular complexity index is 142. The molecule has 0 spiro atoms. The van der Waals surface area contributed by atoms with Crippen LogP contribution >= 0.6 is 0 Å². The second-order valence-corrected chi connectivity index (χ2v) is 3.40. The number of halogens is 4. The van der Waals surface area contributed by atoms with E-state index >= 15 is 0 Å². The Hall–Kier alpha value is -0.523. The lowest BCUT2D eigenvalue weighted by molar-refractivity contribution is 0.157. The average molecular weight is 188 g/mol. The van der Waals surface area contributed by atoms with Crippen LogP contribution in [0.4, 0.5) is 16.7 Å². The molecule has 0 aliphatic rings. The molecule has 6 heteroatoms. The highest BCUT2D eigenvalue weighted by atomic mass is 28.5. The Kier molecular flexibility index (Phi) is 4.17. The molecule has 0 amide bonds. The molecule has 0 fully saturated rings. The number of ether oxygens (including phenoxy) is 1. The standard InChI is InChI=1S/C5H8F4OSi/c1-2-10-5(6)3-4-11(7,8)9/h3H,2,4H2,1H3. The molecule has 0 N–H and O–H groups in total. The molecule has 0 saturated heterocycles. The average Bonchev–Trinajstić information content (AvgIpc) is 1.83. The normalized spacial score (nSPS) is 13.4. The van der Waals surface area contributed by atoms with Gasteiger partial charge in [0, 0.05) is 0 Å². The van der Waals surface area contributed by atoms with E-state index in [9.17, 15) is 16.7 Å². The highest BCUT2D eigenvalue weighted by Gasteiger charge is 2.35. The monoisotopic (exact) mass is 188 g/mol. The summed E-state index contributed by atoms with van der Waals surface area (Å²) >= 11 is 0. The summed E-state index contributed by atoms with van der Waals surface area (Å²) in [6.07, 6.45) is 0.426. The van der Waals surface area contributed by atoms with Crippen molar-refractivity contribution in [3.05, 3.63) is 12.1 Å². The van der Waals surface area contributed by atoms with Crippen LogP contribution in [0.3, 0.4) is 0 Å². The highest BCUT2D eigenvalue weighted by Crippen LogP contribution is 2.16. The number of hydrogen-bond acceptors (Lipinski definition) is 1. The first-order valence-electron chi connectivity index (χ1n) is 3.01. The summed E-state index contributed by atoms with van der Waals surface area (Å²) in [7, 11) is -5.65. The van der Waals surface area contributed by atoms with Crippen molar-refractivity contribution in [3.8, 4) is 0 Å². The maximum Gasteiger partial charge on any atom is 0.620 e. The van der Waals surface area contributed by atoms with E-state index in [-0.39, 0.29) is 6.61 Å². The largest absolute Gasteiger partial charge is 0.620 e. The Labute approximate surface area is 63.2 Å². The van der Waals surface area contributed by atoms with Gasteiger partial charge in [0.2, 0.25) is 0 Å². The van der Waals surface area contributed by atoms with Crippen LogP contribution in [-0.2, 0) is 4.74 Å². The Morgan fingerprint density at radius 2 is 2.00 bits per heavy atom. The number of rotatable bonds is 4. The predicted molar refractivity (Wildman–Crippen MR) is 34.7 cm³/mol. The molecule has 0 heterocycles. The maximum absolute atomic E-state index is 12.1. The van der Waals surface area contributed by atoms with Crippen LogP contribution in [-0.4, -0.2) is 15.7 Å². The SMILES string of the molecule is CCOC(F)=CC[Si](F)(F)F. The molecule has 0 unspecified atom stereocenters. The first kappa shape index (κ1) is 10.5. The van der Waals surface area contributed by atoms with Crippen molar-refractivity contribution in [2.75, 3.05) is 6.61 Å². The number of hydrogen-bond donors (Lipinski definition) is 0. The van der Waals surface area contributed by atoms with E-state index in [1.54, 1.807) is 0 Å². The fraction of sp³-hybridized carbons (Fsp3) is 0.600. The molecular formula is C5H8F4OSi. The zero-order chi connectivity index (χ0) is 8.91. The van der Waals surface area contributed by atoms with Gasteiger partial charge in [0.15, 0.2) is 0 Å². The maximum atomic E-state index is 12.1. The highest BCUT2D eigenvalue weighted by molar-refractivity contribution is 6.58. The molecule has 66 valence electrons. The summed E-state index contributed by atoms with van der Waals surface area (Å²) in [5.41, 5.74) is 0. The van der Waals surface area contributed by atoms with Gasteiger partial charge < -0.3 is 4.74 Å². The molecule has 1 nitrogen and oxygen atoms in total. The van der Waals surface area contributed by atoms with Crippen LogP contribution in [0.15, 0.2) is 12.1 Å². The Morgan fingerprint density at radius 3 is 2.36 bits per heavy atom. The Morgan fingerprint density at radius 1 is 1.45 bits per heavy atom. The fourth-order valence-corrected chi connectivity index (χ4v) is 0.785. The zero-order valence-electron chi connectivity index (χ0n) is 5.91. The molecular weight excluding hydrogens is 180 g/mol. The molecule has 11 heavy (non-hydrogen) atoms. The summed E-state index contributed by atoms with van der Waals surface area (Å²) in [4.78, 5) is 0. The minimum absolute atomic E-state index is 0.0434. The van der Waals surface area contributed by atoms with E-state index in [4.69, 9.17) is 0 Å². The van der Waals surface area contributed by atoms with Gasteiger partial charge in [0.05, 0.1) is 12.7 Å². The van der Waals surface area contributed by atoms with Gasteiger partial charge in [-0.05, 0) is 13.0 Å². The number of allylic oxidation sites excluding steroid dienone is 1.